The molecule has 0 unspecified atom stereocenters. The van der Waals surface area contributed by atoms with E-state index in [1.807, 2.05) is 0 Å². The third-order valence-corrected chi connectivity index (χ3v) is 4.48. The number of amides is 1. The molecular formula is C17H19FN2O. The van der Waals surface area contributed by atoms with Crippen molar-refractivity contribution in [2.45, 2.75) is 25.7 Å². The Hall–Kier alpha value is -1.86. The summed E-state index contributed by atoms with van der Waals surface area (Å²) in [5, 5.41) is 2.90. The van der Waals surface area contributed by atoms with Crippen LogP contribution in [0.1, 0.15) is 41.6 Å². The molecule has 3 nitrogen and oxygen atoms in total. The molecule has 3 N–H and O–H groups in total. The molecule has 2 saturated carbocycles. The molecule has 3 rings (SSSR count). The second-order valence-electron chi connectivity index (χ2n) is 6.02. The van der Waals surface area contributed by atoms with Gasteiger partial charge in [-0.2, -0.15) is 0 Å². The van der Waals surface area contributed by atoms with Gasteiger partial charge >= 0.3 is 0 Å². The number of carbonyl (C=O) groups is 1. The summed E-state index contributed by atoms with van der Waals surface area (Å²) < 4.78 is 13.8. The molecule has 2 aliphatic carbocycles. The van der Waals surface area contributed by atoms with Crippen molar-refractivity contribution < 1.29 is 9.18 Å². The summed E-state index contributed by atoms with van der Waals surface area (Å²) in [5.41, 5.74) is 6.29. The van der Waals surface area contributed by atoms with Crippen molar-refractivity contribution in [3.63, 3.8) is 0 Å². The summed E-state index contributed by atoms with van der Waals surface area (Å²) in [4.78, 5) is 12.2. The van der Waals surface area contributed by atoms with E-state index in [0.717, 1.165) is 5.92 Å². The Balaban J connectivity index is 1.68. The van der Waals surface area contributed by atoms with Crippen molar-refractivity contribution in [1.29, 1.82) is 0 Å². The minimum atomic E-state index is -0.512. The monoisotopic (exact) mass is 286 g/mol. The highest BCUT2D eigenvalue weighted by Crippen LogP contribution is 2.60. The van der Waals surface area contributed by atoms with E-state index in [1.165, 1.54) is 37.8 Å². The molecule has 1 aromatic rings. The van der Waals surface area contributed by atoms with E-state index in [1.54, 1.807) is 6.07 Å². The number of nitrogens with one attached hydrogen (secondary N) is 1. The lowest BCUT2D eigenvalue weighted by atomic mass is 10.0. The molecule has 1 amide bonds. The zero-order valence-electron chi connectivity index (χ0n) is 11.9. The number of rotatable bonds is 4. The first-order valence-electron chi connectivity index (χ1n) is 7.41. The summed E-state index contributed by atoms with van der Waals surface area (Å²) in [5.74, 6) is 5.43. The molecular weight excluding hydrogens is 267 g/mol. The lowest BCUT2D eigenvalue weighted by Gasteiger charge is -2.15. The average molecular weight is 286 g/mol. The maximum Gasteiger partial charge on any atom is 0.254 e. The molecule has 0 spiro atoms. The highest BCUT2D eigenvalue weighted by atomic mass is 19.1. The molecule has 0 atom stereocenters. The van der Waals surface area contributed by atoms with Crippen LogP contribution in [0.5, 0.6) is 0 Å². The third kappa shape index (κ3) is 3.08. The summed E-state index contributed by atoms with van der Waals surface area (Å²) >= 11 is 0. The molecule has 2 aliphatic rings. The fourth-order valence-corrected chi connectivity index (χ4v) is 2.87. The number of hydrogen-bond acceptors (Lipinski definition) is 2. The number of benzene rings is 1. The first-order chi connectivity index (χ1) is 10.1. The molecule has 0 heterocycles. The summed E-state index contributed by atoms with van der Waals surface area (Å²) in [6.07, 6.45) is 4.91. The quantitative estimate of drug-likeness (QED) is 0.832. The van der Waals surface area contributed by atoms with Gasteiger partial charge in [0.25, 0.3) is 5.91 Å². The summed E-state index contributed by atoms with van der Waals surface area (Å²) in [6.45, 7) is 0.900. The lowest BCUT2D eigenvalue weighted by molar-refractivity contribution is 0.0938. The minimum Gasteiger partial charge on any atom is -0.351 e. The Kier molecular flexibility index (Phi) is 3.69. The van der Waals surface area contributed by atoms with E-state index in [9.17, 15) is 9.18 Å². The zero-order chi connectivity index (χ0) is 14.9. The van der Waals surface area contributed by atoms with Gasteiger partial charge in [0.05, 0.1) is 12.1 Å². The van der Waals surface area contributed by atoms with Gasteiger partial charge in [-0.25, -0.2) is 4.39 Å². The van der Waals surface area contributed by atoms with Crippen LogP contribution in [0, 0.1) is 29.0 Å². The Labute approximate surface area is 124 Å². The van der Waals surface area contributed by atoms with Crippen molar-refractivity contribution in [2.24, 2.45) is 17.1 Å². The predicted molar refractivity (Wildman–Crippen MR) is 79.1 cm³/mol. The molecule has 0 bridgehead atoms. The fourth-order valence-electron chi connectivity index (χ4n) is 2.87. The normalized spacial score (nSPS) is 18.6. The number of carbonyl (C=O) groups excluding carboxylic acids is 1. The van der Waals surface area contributed by atoms with Gasteiger partial charge in [-0.05, 0) is 55.2 Å². The fraction of sp³-hybridized carbons (Fsp3) is 0.471. The second-order valence-corrected chi connectivity index (χ2v) is 6.02. The average Bonchev–Trinajstić information content (AvgIpc) is 3.36. The first kappa shape index (κ1) is 14.1. The highest BCUT2D eigenvalue weighted by Gasteiger charge is 2.53. The van der Waals surface area contributed by atoms with E-state index in [2.05, 4.69) is 17.2 Å². The van der Waals surface area contributed by atoms with Crippen LogP contribution >= 0.6 is 0 Å². The van der Waals surface area contributed by atoms with Crippen molar-refractivity contribution >= 4 is 5.91 Å². The van der Waals surface area contributed by atoms with Gasteiger partial charge in [0.1, 0.15) is 5.82 Å². The standard InChI is InChI=1S/C17H19FN2O/c18-15-6-3-12(2-1-9-19)10-14(15)16(21)20-11-17(7-8-17)13-4-5-13/h3,6,10,13H,4-5,7-9,11,19H2,(H,20,21). The van der Waals surface area contributed by atoms with Crippen LogP contribution in [-0.4, -0.2) is 19.0 Å². The van der Waals surface area contributed by atoms with E-state index in [0.29, 0.717) is 17.5 Å². The van der Waals surface area contributed by atoms with Crippen molar-refractivity contribution in [1.82, 2.24) is 5.32 Å². The van der Waals surface area contributed by atoms with Crippen LogP contribution in [0.4, 0.5) is 4.39 Å². The lowest BCUT2D eigenvalue weighted by Crippen LogP contribution is -2.31. The van der Waals surface area contributed by atoms with E-state index >= 15 is 0 Å². The van der Waals surface area contributed by atoms with Gasteiger partial charge in [-0.15, -0.1) is 0 Å². The molecule has 21 heavy (non-hydrogen) atoms. The summed E-state index contributed by atoms with van der Waals surface area (Å²) in [6, 6.07) is 4.33. The highest BCUT2D eigenvalue weighted by molar-refractivity contribution is 5.94. The van der Waals surface area contributed by atoms with Gasteiger partial charge < -0.3 is 11.1 Å². The summed E-state index contributed by atoms with van der Waals surface area (Å²) in [7, 11) is 0. The maximum atomic E-state index is 13.8. The van der Waals surface area contributed by atoms with Crippen LogP contribution < -0.4 is 11.1 Å². The van der Waals surface area contributed by atoms with Crippen LogP contribution in [0.25, 0.3) is 0 Å². The van der Waals surface area contributed by atoms with Gasteiger partial charge in [0.2, 0.25) is 0 Å². The number of hydrogen-bond donors (Lipinski definition) is 2. The SMILES string of the molecule is NCC#Cc1ccc(F)c(C(=O)NCC2(C3CC3)CC2)c1. The predicted octanol–water partition coefficient (Wildman–Crippen LogP) is 2.06. The van der Waals surface area contributed by atoms with E-state index in [-0.39, 0.29) is 18.0 Å². The second kappa shape index (κ2) is 5.50. The van der Waals surface area contributed by atoms with Crippen LogP contribution in [0.3, 0.4) is 0 Å². The topological polar surface area (TPSA) is 55.1 Å². The molecule has 1 aromatic carbocycles. The minimum absolute atomic E-state index is 0.0606. The molecule has 0 aromatic heterocycles. The van der Waals surface area contributed by atoms with Crippen molar-refractivity contribution in [2.75, 3.05) is 13.1 Å². The number of nitrogens with two attached hydrogens (primary N) is 1. The van der Waals surface area contributed by atoms with Gasteiger partial charge in [-0.1, -0.05) is 11.8 Å². The molecule has 110 valence electrons. The molecule has 2 fully saturated rings. The molecule has 0 saturated heterocycles. The Morgan fingerprint density at radius 3 is 2.81 bits per heavy atom. The van der Waals surface area contributed by atoms with Gasteiger partial charge in [0.15, 0.2) is 0 Å². The smallest absolute Gasteiger partial charge is 0.254 e. The van der Waals surface area contributed by atoms with Crippen LogP contribution in [0.15, 0.2) is 18.2 Å². The van der Waals surface area contributed by atoms with E-state index in [4.69, 9.17) is 5.73 Å². The Bertz CT molecular complexity index is 621. The molecule has 4 heteroatoms. The maximum absolute atomic E-state index is 13.8. The largest absolute Gasteiger partial charge is 0.351 e. The first-order valence-corrected chi connectivity index (χ1v) is 7.41. The van der Waals surface area contributed by atoms with Crippen molar-refractivity contribution in [3.8, 4) is 11.8 Å². The molecule has 0 aliphatic heterocycles. The van der Waals surface area contributed by atoms with Crippen molar-refractivity contribution in [3.05, 3.63) is 35.1 Å². The van der Waals surface area contributed by atoms with Gasteiger partial charge in [0, 0.05) is 12.1 Å². The third-order valence-electron chi connectivity index (χ3n) is 4.48. The van der Waals surface area contributed by atoms with Crippen LogP contribution in [0.2, 0.25) is 0 Å². The molecule has 0 radical (unpaired) electrons. The Morgan fingerprint density at radius 2 is 2.19 bits per heavy atom. The van der Waals surface area contributed by atoms with Gasteiger partial charge in [-0.3, -0.25) is 4.79 Å². The Morgan fingerprint density at radius 1 is 1.43 bits per heavy atom. The van der Waals surface area contributed by atoms with Crippen LogP contribution in [-0.2, 0) is 0 Å². The number of halogens is 1. The zero-order valence-corrected chi connectivity index (χ0v) is 11.9. The van der Waals surface area contributed by atoms with E-state index < -0.39 is 5.82 Å².